The van der Waals surface area contributed by atoms with E-state index < -0.39 is 0 Å². The predicted molar refractivity (Wildman–Crippen MR) is 109 cm³/mol. The molecule has 0 aliphatic carbocycles. The third-order valence-corrected chi connectivity index (χ3v) is 5.30. The molecule has 1 aromatic heterocycles. The monoisotopic (exact) mass is 375 g/mol. The zero-order valence-corrected chi connectivity index (χ0v) is 16.1. The number of carbonyl (C=O) groups excluding carboxylic acids is 1. The van der Waals surface area contributed by atoms with Crippen molar-refractivity contribution < 1.29 is 4.79 Å². The molecule has 0 bridgehead atoms. The Morgan fingerprint density at radius 2 is 1.79 bits per heavy atom. The Kier molecular flexibility index (Phi) is 5.37. The molecule has 4 rings (SSSR count). The number of likely N-dealkylation sites (tertiary alicyclic amines) is 1. The molecule has 1 fully saturated rings. The van der Waals surface area contributed by atoms with Gasteiger partial charge in [0.2, 0.25) is 0 Å². The molecule has 2 amide bonds. The van der Waals surface area contributed by atoms with E-state index in [1.807, 2.05) is 65.2 Å². The van der Waals surface area contributed by atoms with Crippen molar-refractivity contribution in [3.05, 3.63) is 77.6 Å². The first kappa shape index (κ1) is 18.2. The van der Waals surface area contributed by atoms with E-state index in [4.69, 9.17) is 0 Å². The molecule has 1 aliphatic rings. The lowest BCUT2D eigenvalue weighted by atomic mass is 10.1. The molecule has 1 N–H and O–H groups in total. The first-order valence-electron chi connectivity index (χ1n) is 9.75. The maximum Gasteiger partial charge on any atom is 0.321 e. The van der Waals surface area contributed by atoms with Gasteiger partial charge in [-0.3, -0.25) is 0 Å². The molecule has 3 aromatic rings. The molecule has 0 radical (unpaired) electrons. The fourth-order valence-electron chi connectivity index (χ4n) is 3.62. The molecule has 2 heterocycles. The second-order valence-corrected chi connectivity index (χ2v) is 7.32. The van der Waals surface area contributed by atoms with Crippen LogP contribution in [0.2, 0.25) is 0 Å². The van der Waals surface area contributed by atoms with Crippen LogP contribution in [-0.2, 0) is 6.42 Å². The van der Waals surface area contributed by atoms with Crippen LogP contribution < -0.4 is 5.32 Å². The molecule has 2 aromatic carbocycles. The number of aryl methyl sites for hydroxylation is 1. The van der Waals surface area contributed by atoms with Crippen LogP contribution in [0.1, 0.15) is 35.7 Å². The summed E-state index contributed by atoms with van der Waals surface area (Å²) in [5.41, 5.74) is 4.15. The van der Waals surface area contributed by atoms with Gasteiger partial charge in [-0.2, -0.15) is 0 Å². The summed E-state index contributed by atoms with van der Waals surface area (Å²) in [6.45, 7) is 3.44. The second-order valence-electron chi connectivity index (χ2n) is 7.32. The first-order valence-corrected chi connectivity index (χ1v) is 9.75. The molecule has 6 nitrogen and oxygen atoms in total. The van der Waals surface area contributed by atoms with E-state index in [-0.39, 0.29) is 6.03 Å². The van der Waals surface area contributed by atoms with Gasteiger partial charge in [0.25, 0.3) is 0 Å². The maximum absolute atomic E-state index is 12.6. The summed E-state index contributed by atoms with van der Waals surface area (Å²) in [5, 5.41) is 11.7. The lowest BCUT2D eigenvalue weighted by Crippen LogP contribution is -2.41. The maximum atomic E-state index is 12.6. The Bertz CT molecular complexity index is 929. The van der Waals surface area contributed by atoms with Crippen molar-refractivity contribution in [1.29, 1.82) is 0 Å². The van der Waals surface area contributed by atoms with Crippen LogP contribution in [0.5, 0.6) is 0 Å². The fraction of sp³-hybridized carbons (Fsp3) is 0.318. The van der Waals surface area contributed by atoms with Crippen LogP contribution in [-0.4, -0.2) is 39.0 Å². The largest absolute Gasteiger partial charge is 0.324 e. The molecular weight excluding hydrogens is 350 g/mol. The highest BCUT2D eigenvalue weighted by Crippen LogP contribution is 2.23. The summed E-state index contributed by atoms with van der Waals surface area (Å²) in [7, 11) is 0. The quantitative estimate of drug-likeness (QED) is 0.748. The molecule has 0 unspecified atom stereocenters. The van der Waals surface area contributed by atoms with E-state index in [1.54, 1.807) is 0 Å². The fourth-order valence-corrected chi connectivity index (χ4v) is 3.62. The van der Waals surface area contributed by atoms with Crippen LogP contribution in [0.4, 0.5) is 10.5 Å². The zero-order chi connectivity index (χ0) is 19.3. The number of aromatic nitrogens is 3. The van der Waals surface area contributed by atoms with Crippen molar-refractivity contribution in [2.24, 2.45) is 0 Å². The van der Waals surface area contributed by atoms with Crippen LogP contribution in [0.3, 0.4) is 0 Å². The number of hydrogen-bond donors (Lipinski definition) is 1. The number of piperidine rings is 1. The highest BCUT2D eigenvalue weighted by Gasteiger charge is 2.25. The number of para-hydroxylation sites is 1. The third-order valence-electron chi connectivity index (χ3n) is 5.30. The van der Waals surface area contributed by atoms with E-state index in [9.17, 15) is 4.79 Å². The number of amides is 2. The number of urea groups is 1. The SMILES string of the molecule is Cc1ccccc1NC(=O)N1CCC(n2cc(Cc3ccccc3)nn2)CC1. The Hall–Kier alpha value is -3.15. The van der Waals surface area contributed by atoms with E-state index in [0.717, 1.165) is 49.3 Å². The van der Waals surface area contributed by atoms with Crippen molar-refractivity contribution in [1.82, 2.24) is 19.9 Å². The Morgan fingerprint density at radius 3 is 2.54 bits per heavy atom. The second kappa shape index (κ2) is 8.25. The summed E-state index contributed by atoms with van der Waals surface area (Å²) in [4.78, 5) is 14.4. The number of anilines is 1. The minimum atomic E-state index is -0.0314. The van der Waals surface area contributed by atoms with Crippen molar-refractivity contribution >= 4 is 11.7 Å². The van der Waals surface area contributed by atoms with Crippen LogP contribution in [0.25, 0.3) is 0 Å². The van der Waals surface area contributed by atoms with Gasteiger partial charge in [0, 0.05) is 31.4 Å². The van der Waals surface area contributed by atoms with Crippen molar-refractivity contribution in [3.63, 3.8) is 0 Å². The van der Waals surface area contributed by atoms with Gasteiger partial charge in [0.1, 0.15) is 0 Å². The van der Waals surface area contributed by atoms with E-state index in [1.165, 1.54) is 5.56 Å². The summed E-state index contributed by atoms with van der Waals surface area (Å²) >= 11 is 0. The van der Waals surface area contributed by atoms with Gasteiger partial charge >= 0.3 is 6.03 Å². The first-order chi connectivity index (χ1) is 13.7. The predicted octanol–water partition coefficient (Wildman–Crippen LogP) is 4.05. The molecule has 0 atom stereocenters. The molecule has 6 heteroatoms. The minimum Gasteiger partial charge on any atom is -0.324 e. The molecular formula is C22H25N5O. The number of nitrogens with one attached hydrogen (secondary N) is 1. The van der Waals surface area contributed by atoms with Gasteiger partial charge in [-0.15, -0.1) is 5.10 Å². The molecule has 0 saturated carbocycles. The van der Waals surface area contributed by atoms with E-state index >= 15 is 0 Å². The van der Waals surface area contributed by atoms with Crippen LogP contribution in [0.15, 0.2) is 60.8 Å². The highest BCUT2D eigenvalue weighted by molar-refractivity contribution is 5.90. The van der Waals surface area contributed by atoms with Crippen LogP contribution >= 0.6 is 0 Å². The van der Waals surface area contributed by atoms with Gasteiger partial charge in [-0.25, -0.2) is 9.48 Å². The number of hydrogen-bond acceptors (Lipinski definition) is 3. The zero-order valence-electron chi connectivity index (χ0n) is 16.1. The number of carbonyl (C=O) groups is 1. The number of nitrogens with zero attached hydrogens (tertiary/aromatic N) is 4. The molecule has 28 heavy (non-hydrogen) atoms. The molecule has 1 saturated heterocycles. The molecule has 0 spiro atoms. The normalized spacial score (nSPS) is 14.8. The van der Waals surface area contributed by atoms with Gasteiger partial charge in [0.15, 0.2) is 0 Å². The van der Waals surface area contributed by atoms with Gasteiger partial charge in [-0.05, 0) is 37.0 Å². The van der Waals surface area contributed by atoms with Crippen LogP contribution in [0, 0.1) is 6.92 Å². The highest BCUT2D eigenvalue weighted by atomic mass is 16.2. The standard InChI is InChI=1S/C22H25N5O/c1-17-7-5-6-10-21(17)23-22(28)26-13-11-20(12-14-26)27-16-19(24-25-27)15-18-8-3-2-4-9-18/h2-10,16,20H,11-15H2,1H3,(H,23,28). The smallest absolute Gasteiger partial charge is 0.321 e. The van der Waals surface area contributed by atoms with Gasteiger partial charge in [-0.1, -0.05) is 53.7 Å². The molecule has 1 aliphatic heterocycles. The molecule has 144 valence electrons. The van der Waals surface area contributed by atoms with Crippen molar-refractivity contribution in [2.75, 3.05) is 18.4 Å². The van der Waals surface area contributed by atoms with Gasteiger partial charge in [0.05, 0.1) is 11.7 Å². The summed E-state index contributed by atoms with van der Waals surface area (Å²) in [5.74, 6) is 0. The van der Waals surface area contributed by atoms with Crippen molar-refractivity contribution in [2.45, 2.75) is 32.2 Å². The summed E-state index contributed by atoms with van der Waals surface area (Å²) in [6.07, 6.45) is 4.60. The Labute approximate surface area is 165 Å². The average molecular weight is 375 g/mol. The van der Waals surface area contributed by atoms with E-state index in [0.29, 0.717) is 6.04 Å². The van der Waals surface area contributed by atoms with E-state index in [2.05, 4.69) is 27.8 Å². The number of benzene rings is 2. The lowest BCUT2D eigenvalue weighted by Gasteiger charge is -2.32. The summed E-state index contributed by atoms with van der Waals surface area (Å²) in [6, 6.07) is 18.4. The summed E-state index contributed by atoms with van der Waals surface area (Å²) < 4.78 is 1.97. The minimum absolute atomic E-state index is 0.0314. The Balaban J connectivity index is 1.32. The number of rotatable bonds is 4. The van der Waals surface area contributed by atoms with Gasteiger partial charge < -0.3 is 10.2 Å². The van der Waals surface area contributed by atoms with Crippen molar-refractivity contribution in [3.8, 4) is 0 Å². The average Bonchev–Trinajstić information content (AvgIpc) is 3.19. The third kappa shape index (κ3) is 4.22. The Morgan fingerprint density at radius 1 is 1.07 bits per heavy atom. The topological polar surface area (TPSA) is 63.1 Å². The lowest BCUT2D eigenvalue weighted by molar-refractivity contribution is 0.179.